The lowest BCUT2D eigenvalue weighted by molar-refractivity contribution is -0.134. The summed E-state index contributed by atoms with van der Waals surface area (Å²) in [7, 11) is 0. The Balaban J connectivity index is 2.08. The van der Waals surface area contributed by atoms with Crippen molar-refractivity contribution in [2.24, 2.45) is 0 Å². The normalized spacial score (nSPS) is 13.2. The van der Waals surface area contributed by atoms with Crippen LogP contribution in [0.4, 0.5) is 4.39 Å². The summed E-state index contributed by atoms with van der Waals surface area (Å²) in [4.78, 5) is 15.6. The van der Waals surface area contributed by atoms with Gasteiger partial charge < -0.3 is 10.1 Å². The van der Waals surface area contributed by atoms with Gasteiger partial charge in [-0.1, -0.05) is 30.3 Å². The Labute approximate surface area is 140 Å². The Morgan fingerprint density at radius 1 is 1.17 bits per heavy atom. The number of hydrogen-bond donors (Lipinski definition) is 2. The van der Waals surface area contributed by atoms with Crippen LogP contribution in [0.25, 0.3) is 10.9 Å². The lowest BCUT2D eigenvalue weighted by Crippen LogP contribution is -2.32. The average Bonchev–Trinajstić information content (AvgIpc) is 2.96. The van der Waals surface area contributed by atoms with Crippen molar-refractivity contribution in [2.75, 3.05) is 0 Å². The van der Waals surface area contributed by atoms with Crippen LogP contribution < -0.4 is 0 Å². The molecule has 0 saturated heterocycles. The minimum Gasteiger partial charge on any atom is -0.383 e. The fraction of sp³-hybridized carbons (Fsp3) is 0.250. The molecule has 0 fully saturated rings. The molecule has 0 aliphatic carbocycles. The Bertz CT molecular complexity index is 859. The van der Waals surface area contributed by atoms with E-state index in [1.54, 1.807) is 12.1 Å². The van der Waals surface area contributed by atoms with E-state index in [1.165, 1.54) is 26.0 Å². The standard InChI is InChI=1S/C20H20FNO2/c1-20(2,24)19(23)11-16(13-7-9-14(21)10-8-13)17-12-22-18-6-4-3-5-15(17)18/h3-10,12,16,22,24H,11H2,1-2H3. The van der Waals surface area contributed by atoms with Crippen molar-refractivity contribution in [3.63, 3.8) is 0 Å². The highest BCUT2D eigenvalue weighted by Gasteiger charge is 2.29. The summed E-state index contributed by atoms with van der Waals surface area (Å²) in [5.74, 6) is -0.812. The molecule has 1 unspecified atom stereocenters. The van der Waals surface area contributed by atoms with E-state index in [0.717, 1.165) is 22.0 Å². The summed E-state index contributed by atoms with van der Waals surface area (Å²) in [6.45, 7) is 2.98. The van der Waals surface area contributed by atoms with Gasteiger partial charge in [-0.2, -0.15) is 0 Å². The highest BCUT2D eigenvalue weighted by molar-refractivity contribution is 5.89. The van der Waals surface area contributed by atoms with Crippen molar-refractivity contribution in [3.8, 4) is 0 Å². The zero-order valence-corrected chi connectivity index (χ0v) is 13.7. The van der Waals surface area contributed by atoms with Crippen LogP contribution in [0.1, 0.15) is 37.3 Å². The van der Waals surface area contributed by atoms with Gasteiger partial charge in [-0.3, -0.25) is 4.79 Å². The molecule has 0 spiro atoms. The fourth-order valence-electron chi connectivity index (χ4n) is 2.92. The topological polar surface area (TPSA) is 53.1 Å². The van der Waals surface area contributed by atoms with E-state index in [0.29, 0.717) is 0 Å². The van der Waals surface area contributed by atoms with Crippen LogP contribution in [-0.2, 0) is 4.79 Å². The van der Waals surface area contributed by atoms with Crippen LogP contribution in [0.2, 0.25) is 0 Å². The molecule has 124 valence electrons. The largest absolute Gasteiger partial charge is 0.383 e. The van der Waals surface area contributed by atoms with Gasteiger partial charge in [-0.15, -0.1) is 0 Å². The summed E-state index contributed by atoms with van der Waals surface area (Å²) in [6.07, 6.45) is 2.04. The lowest BCUT2D eigenvalue weighted by atomic mass is 9.84. The first-order chi connectivity index (χ1) is 11.4. The molecule has 0 radical (unpaired) electrons. The maximum atomic E-state index is 13.3. The van der Waals surface area contributed by atoms with Crippen LogP contribution in [0.3, 0.4) is 0 Å². The number of ketones is 1. The molecule has 1 aromatic heterocycles. The minimum absolute atomic E-state index is 0.150. The Kier molecular flexibility index (Phi) is 4.24. The number of aromatic nitrogens is 1. The second kappa shape index (κ2) is 6.21. The second-order valence-electron chi connectivity index (χ2n) is 6.58. The van der Waals surface area contributed by atoms with Crippen molar-refractivity contribution in [1.29, 1.82) is 0 Å². The maximum absolute atomic E-state index is 13.3. The Morgan fingerprint density at radius 2 is 1.83 bits per heavy atom. The monoisotopic (exact) mass is 325 g/mol. The van der Waals surface area contributed by atoms with Gasteiger partial charge in [-0.25, -0.2) is 4.39 Å². The van der Waals surface area contributed by atoms with Crippen LogP contribution >= 0.6 is 0 Å². The molecular formula is C20H20FNO2. The average molecular weight is 325 g/mol. The predicted molar refractivity (Wildman–Crippen MR) is 92.5 cm³/mol. The van der Waals surface area contributed by atoms with Gasteiger partial charge in [0.15, 0.2) is 5.78 Å². The third kappa shape index (κ3) is 3.24. The molecule has 4 heteroatoms. The number of aromatic amines is 1. The smallest absolute Gasteiger partial charge is 0.164 e. The van der Waals surface area contributed by atoms with Gasteiger partial charge in [0.2, 0.25) is 0 Å². The van der Waals surface area contributed by atoms with Crippen molar-refractivity contribution < 1.29 is 14.3 Å². The maximum Gasteiger partial charge on any atom is 0.164 e. The summed E-state index contributed by atoms with van der Waals surface area (Å²) >= 11 is 0. The number of carbonyl (C=O) groups is 1. The number of para-hydroxylation sites is 1. The zero-order chi connectivity index (χ0) is 17.3. The van der Waals surface area contributed by atoms with Gasteiger partial charge in [0.25, 0.3) is 0 Å². The number of carbonyl (C=O) groups excluding carboxylic acids is 1. The van der Waals surface area contributed by atoms with E-state index in [-0.39, 0.29) is 23.9 Å². The molecule has 0 bridgehead atoms. The van der Waals surface area contributed by atoms with Gasteiger partial charge in [0.1, 0.15) is 11.4 Å². The van der Waals surface area contributed by atoms with Gasteiger partial charge >= 0.3 is 0 Å². The second-order valence-corrected chi connectivity index (χ2v) is 6.58. The molecule has 2 N–H and O–H groups in total. The van der Waals surface area contributed by atoms with E-state index >= 15 is 0 Å². The molecular weight excluding hydrogens is 305 g/mol. The van der Waals surface area contributed by atoms with Crippen LogP contribution in [0.15, 0.2) is 54.7 Å². The summed E-state index contributed by atoms with van der Waals surface area (Å²) in [5.41, 5.74) is 1.40. The molecule has 3 aromatic rings. The molecule has 0 aliphatic heterocycles. The number of benzene rings is 2. The molecule has 1 atom stereocenters. The van der Waals surface area contributed by atoms with Crippen LogP contribution in [0.5, 0.6) is 0 Å². The van der Waals surface area contributed by atoms with Gasteiger partial charge in [0, 0.05) is 29.4 Å². The van der Waals surface area contributed by atoms with Crippen molar-refractivity contribution >= 4 is 16.7 Å². The molecule has 0 aliphatic rings. The first-order valence-electron chi connectivity index (χ1n) is 7.93. The van der Waals surface area contributed by atoms with Crippen molar-refractivity contribution in [3.05, 3.63) is 71.7 Å². The zero-order valence-electron chi connectivity index (χ0n) is 13.7. The number of nitrogens with one attached hydrogen (secondary N) is 1. The third-order valence-electron chi connectivity index (χ3n) is 4.34. The van der Waals surface area contributed by atoms with Crippen LogP contribution in [0, 0.1) is 5.82 Å². The van der Waals surface area contributed by atoms with E-state index in [9.17, 15) is 14.3 Å². The fourth-order valence-corrected chi connectivity index (χ4v) is 2.92. The number of fused-ring (bicyclic) bond motifs is 1. The van der Waals surface area contributed by atoms with E-state index in [4.69, 9.17) is 0 Å². The quantitative estimate of drug-likeness (QED) is 0.740. The SMILES string of the molecule is CC(C)(O)C(=O)CC(c1ccc(F)cc1)c1c[nH]c2ccccc12. The molecule has 3 nitrogen and oxygen atoms in total. The summed E-state index contributed by atoms with van der Waals surface area (Å²) < 4.78 is 13.3. The predicted octanol–water partition coefficient (Wildman–Crippen LogP) is 4.17. The number of halogens is 1. The van der Waals surface area contributed by atoms with E-state index in [2.05, 4.69) is 4.98 Å². The van der Waals surface area contributed by atoms with Crippen molar-refractivity contribution in [1.82, 2.24) is 4.98 Å². The Hall–Kier alpha value is -2.46. The number of rotatable bonds is 5. The van der Waals surface area contributed by atoms with Gasteiger partial charge in [0.05, 0.1) is 0 Å². The van der Waals surface area contributed by atoms with E-state index in [1.807, 2.05) is 30.5 Å². The number of hydrogen-bond acceptors (Lipinski definition) is 2. The molecule has 2 aromatic carbocycles. The molecule has 24 heavy (non-hydrogen) atoms. The first-order valence-corrected chi connectivity index (χ1v) is 7.93. The third-order valence-corrected chi connectivity index (χ3v) is 4.34. The number of Topliss-reactive ketones (excluding diaryl/α,β-unsaturated/α-hetero) is 1. The summed E-state index contributed by atoms with van der Waals surface area (Å²) in [5, 5.41) is 11.0. The summed E-state index contributed by atoms with van der Waals surface area (Å²) in [6, 6.07) is 14.0. The molecule has 1 heterocycles. The molecule has 3 rings (SSSR count). The number of aliphatic hydroxyl groups is 1. The van der Waals surface area contributed by atoms with Crippen LogP contribution in [-0.4, -0.2) is 21.5 Å². The van der Waals surface area contributed by atoms with Gasteiger partial charge in [-0.05, 0) is 43.2 Å². The van der Waals surface area contributed by atoms with E-state index < -0.39 is 5.60 Å². The van der Waals surface area contributed by atoms with Crippen molar-refractivity contribution in [2.45, 2.75) is 31.8 Å². The molecule has 0 amide bonds. The first kappa shape index (κ1) is 16.4. The highest BCUT2D eigenvalue weighted by atomic mass is 19.1. The number of H-pyrrole nitrogens is 1. The lowest BCUT2D eigenvalue weighted by Gasteiger charge is -2.22. The molecule has 0 saturated carbocycles. The minimum atomic E-state index is -1.40. The highest BCUT2D eigenvalue weighted by Crippen LogP contribution is 2.34. The Morgan fingerprint density at radius 3 is 2.50 bits per heavy atom.